The Labute approximate surface area is 134 Å². The summed E-state index contributed by atoms with van der Waals surface area (Å²) in [4.78, 5) is 27.9. The number of carbonyl (C=O) groups is 2. The van der Waals surface area contributed by atoms with Crippen molar-refractivity contribution in [1.82, 2.24) is 20.1 Å². The van der Waals surface area contributed by atoms with Crippen molar-refractivity contribution in [3.63, 3.8) is 0 Å². The van der Waals surface area contributed by atoms with E-state index in [-0.39, 0.29) is 18.9 Å². The van der Waals surface area contributed by atoms with E-state index in [1.807, 2.05) is 30.3 Å². The predicted octanol–water partition coefficient (Wildman–Crippen LogP) is 0.959. The van der Waals surface area contributed by atoms with E-state index in [1.54, 1.807) is 17.9 Å². The van der Waals surface area contributed by atoms with E-state index in [0.29, 0.717) is 13.0 Å². The molecular weight excluding hydrogens is 296 g/mol. The smallest absolute Gasteiger partial charge is 0.328 e. The maximum atomic E-state index is 12.1. The summed E-state index contributed by atoms with van der Waals surface area (Å²) in [6, 6.07) is 8.82. The number of aryl methyl sites for hydroxylation is 1. The molecule has 1 atom stereocenters. The molecule has 0 radical (unpaired) electrons. The van der Waals surface area contributed by atoms with E-state index in [1.165, 1.54) is 6.33 Å². The molecule has 1 amide bonds. The van der Waals surface area contributed by atoms with Gasteiger partial charge in [0.1, 0.15) is 18.7 Å². The number of esters is 1. The Hall–Kier alpha value is -2.70. The lowest BCUT2D eigenvalue weighted by atomic mass is 10.1. The second kappa shape index (κ2) is 8.67. The topological polar surface area (TPSA) is 86.1 Å². The van der Waals surface area contributed by atoms with Gasteiger partial charge in [-0.3, -0.25) is 9.48 Å². The monoisotopic (exact) mass is 316 g/mol. The van der Waals surface area contributed by atoms with Crippen molar-refractivity contribution in [2.45, 2.75) is 32.4 Å². The summed E-state index contributed by atoms with van der Waals surface area (Å²) in [6.45, 7) is 2.43. The molecule has 0 aliphatic rings. The van der Waals surface area contributed by atoms with E-state index >= 15 is 0 Å². The average molecular weight is 316 g/mol. The van der Waals surface area contributed by atoms with E-state index in [2.05, 4.69) is 15.4 Å². The van der Waals surface area contributed by atoms with Crippen LogP contribution in [0.4, 0.5) is 0 Å². The molecule has 23 heavy (non-hydrogen) atoms. The summed E-state index contributed by atoms with van der Waals surface area (Å²) < 4.78 is 6.61. The van der Waals surface area contributed by atoms with Crippen molar-refractivity contribution in [3.8, 4) is 0 Å². The molecule has 0 saturated heterocycles. The van der Waals surface area contributed by atoms with Gasteiger partial charge in [-0.15, -0.1) is 0 Å². The quantitative estimate of drug-likeness (QED) is 0.733. The summed E-state index contributed by atoms with van der Waals surface area (Å²) in [6.07, 6.45) is 3.57. The van der Waals surface area contributed by atoms with Gasteiger partial charge in [0.05, 0.1) is 13.2 Å². The maximum absolute atomic E-state index is 12.1. The first-order chi connectivity index (χ1) is 11.2. The summed E-state index contributed by atoms with van der Waals surface area (Å²) in [5.74, 6) is -0.653. The van der Waals surface area contributed by atoms with Gasteiger partial charge in [0, 0.05) is 12.8 Å². The van der Waals surface area contributed by atoms with Crippen LogP contribution < -0.4 is 5.32 Å². The van der Waals surface area contributed by atoms with E-state index in [0.717, 1.165) is 5.56 Å². The molecule has 0 aliphatic heterocycles. The summed E-state index contributed by atoms with van der Waals surface area (Å²) in [5.41, 5.74) is 0.960. The van der Waals surface area contributed by atoms with E-state index in [9.17, 15) is 9.59 Å². The Morgan fingerprint density at radius 2 is 2.09 bits per heavy atom. The van der Waals surface area contributed by atoms with Crippen molar-refractivity contribution in [3.05, 3.63) is 48.5 Å². The number of ether oxygens (including phenoxy) is 1. The molecule has 7 heteroatoms. The zero-order valence-corrected chi connectivity index (χ0v) is 13.0. The number of aromatic nitrogens is 3. The lowest BCUT2D eigenvalue weighted by molar-refractivity contribution is -0.147. The van der Waals surface area contributed by atoms with Gasteiger partial charge in [0.2, 0.25) is 5.91 Å². The molecule has 0 aliphatic carbocycles. The molecule has 1 aromatic heterocycles. The molecule has 7 nitrogen and oxygen atoms in total. The number of amides is 1. The van der Waals surface area contributed by atoms with Crippen LogP contribution in [0, 0.1) is 0 Å². The van der Waals surface area contributed by atoms with E-state index in [4.69, 9.17) is 4.74 Å². The molecule has 2 aromatic rings. The molecule has 0 unspecified atom stereocenters. The second-order valence-corrected chi connectivity index (χ2v) is 4.97. The second-order valence-electron chi connectivity index (χ2n) is 4.97. The number of hydrogen-bond donors (Lipinski definition) is 1. The van der Waals surface area contributed by atoms with Gasteiger partial charge in [-0.1, -0.05) is 30.3 Å². The van der Waals surface area contributed by atoms with Gasteiger partial charge < -0.3 is 10.1 Å². The van der Waals surface area contributed by atoms with Gasteiger partial charge in [-0.2, -0.15) is 5.10 Å². The van der Waals surface area contributed by atoms with E-state index < -0.39 is 12.0 Å². The van der Waals surface area contributed by atoms with Crippen LogP contribution in [0.5, 0.6) is 0 Å². The third kappa shape index (κ3) is 5.54. The van der Waals surface area contributed by atoms with Gasteiger partial charge in [-0.25, -0.2) is 9.78 Å². The van der Waals surface area contributed by atoms with Crippen LogP contribution in [-0.2, 0) is 27.3 Å². The van der Waals surface area contributed by atoms with Crippen molar-refractivity contribution in [2.24, 2.45) is 0 Å². The highest BCUT2D eigenvalue weighted by Crippen LogP contribution is 2.05. The number of hydrogen-bond acceptors (Lipinski definition) is 5. The summed E-state index contributed by atoms with van der Waals surface area (Å²) in [7, 11) is 0. The zero-order valence-electron chi connectivity index (χ0n) is 13.0. The molecule has 1 aromatic carbocycles. The molecule has 0 bridgehead atoms. The van der Waals surface area contributed by atoms with Crippen LogP contribution in [0.15, 0.2) is 43.0 Å². The lowest BCUT2D eigenvalue weighted by Crippen LogP contribution is -2.43. The Kier molecular flexibility index (Phi) is 6.28. The molecule has 2 rings (SSSR count). The SMILES string of the molecule is CCOC(=O)[C@@H](Cc1ccccc1)NC(=O)CCn1cncn1. The minimum Gasteiger partial charge on any atom is -0.464 e. The minimum atomic E-state index is -0.694. The first kappa shape index (κ1) is 16.7. The number of benzene rings is 1. The first-order valence-electron chi connectivity index (χ1n) is 7.51. The molecule has 1 heterocycles. The maximum Gasteiger partial charge on any atom is 0.328 e. The Morgan fingerprint density at radius 1 is 1.30 bits per heavy atom. The number of rotatable bonds is 8. The van der Waals surface area contributed by atoms with Gasteiger partial charge in [0.25, 0.3) is 0 Å². The fourth-order valence-corrected chi connectivity index (χ4v) is 2.12. The molecule has 122 valence electrons. The van der Waals surface area contributed by atoms with Crippen LogP contribution in [0.25, 0.3) is 0 Å². The number of nitrogens with one attached hydrogen (secondary N) is 1. The van der Waals surface area contributed by atoms with Crippen LogP contribution in [0.1, 0.15) is 18.9 Å². The van der Waals surface area contributed by atoms with Crippen LogP contribution in [0.3, 0.4) is 0 Å². The average Bonchev–Trinajstić information content (AvgIpc) is 3.07. The van der Waals surface area contributed by atoms with Crippen molar-refractivity contribution in [1.29, 1.82) is 0 Å². The fraction of sp³-hybridized carbons (Fsp3) is 0.375. The van der Waals surface area contributed by atoms with Gasteiger partial charge in [-0.05, 0) is 12.5 Å². The highest BCUT2D eigenvalue weighted by molar-refractivity contribution is 5.84. The molecule has 0 spiro atoms. The fourth-order valence-electron chi connectivity index (χ4n) is 2.12. The third-order valence-corrected chi connectivity index (χ3v) is 3.22. The molecule has 0 saturated carbocycles. The zero-order chi connectivity index (χ0) is 16.5. The van der Waals surface area contributed by atoms with Crippen molar-refractivity contribution >= 4 is 11.9 Å². The Balaban J connectivity index is 1.93. The van der Waals surface area contributed by atoms with Crippen molar-refractivity contribution in [2.75, 3.05) is 6.61 Å². The van der Waals surface area contributed by atoms with Crippen LogP contribution in [-0.4, -0.2) is 39.3 Å². The standard InChI is InChI=1S/C16H20N4O3/c1-2-23-16(22)14(10-13-6-4-3-5-7-13)19-15(21)8-9-20-12-17-11-18-20/h3-7,11-12,14H,2,8-10H2,1H3,(H,19,21)/t14-/m1/s1. The Bertz CT molecular complexity index is 614. The van der Waals surface area contributed by atoms with Gasteiger partial charge >= 0.3 is 5.97 Å². The Morgan fingerprint density at radius 3 is 2.74 bits per heavy atom. The summed E-state index contributed by atoms with van der Waals surface area (Å²) >= 11 is 0. The van der Waals surface area contributed by atoms with Crippen LogP contribution in [0.2, 0.25) is 0 Å². The largest absolute Gasteiger partial charge is 0.464 e. The normalized spacial score (nSPS) is 11.7. The molecule has 0 fully saturated rings. The highest BCUT2D eigenvalue weighted by atomic mass is 16.5. The molecular formula is C16H20N4O3. The number of nitrogens with zero attached hydrogens (tertiary/aromatic N) is 3. The predicted molar refractivity (Wildman–Crippen MR) is 83.3 cm³/mol. The van der Waals surface area contributed by atoms with Crippen LogP contribution >= 0.6 is 0 Å². The minimum absolute atomic E-state index is 0.216. The van der Waals surface area contributed by atoms with Crippen molar-refractivity contribution < 1.29 is 14.3 Å². The third-order valence-electron chi connectivity index (χ3n) is 3.22. The molecule has 1 N–H and O–H groups in total. The number of carbonyl (C=O) groups excluding carboxylic acids is 2. The first-order valence-corrected chi connectivity index (χ1v) is 7.51. The highest BCUT2D eigenvalue weighted by Gasteiger charge is 2.22. The summed E-state index contributed by atoms with van der Waals surface area (Å²) in [5, 5.41) is 6.67. The lowest BCUT2D eigenvalue weighted by Gasteiger charge is -2.17. The van der Waals surface area contributed by atoms with Gasteiger partial charge in [0.15, 0.2) is 0 Å².